The van der Waals surface area contributed by atoms with Crippen LogP contribution in [0.1, 0.15) is 16.1 Å². The number of thiazole rings is 1. The third kappa shape index (κ3) is 3.31. The molecule has 27 heavy (non-hydrogen) atoms. The van der Waals surface area contributed by atoms with E-state index in [9.17, 15) is 13.6 Å². The molecule has 4 rings (SSSR count). The van der Waals surface area contributed by atoms with E-state index in [1.165, 1.54) is 34.4 Å². The molecule has 1 N–H and O–H groups in total. The largest absolute Gasteiger partial charge is 0.451 e. The molecule has 0 saturated heterocycles. The predicted molar refractivity (Wildman–Crippen MR) is 92.0 cm³/mol. The van der Waals surface area contributed by atoms with E-state index >= 15 is 0 Å². The summed E-state index contributed by atoms with van der Waals surface area (Å²) in [5.41, 5.74) is 1.17. The summed E-state index contributed by atoms with van der Waals surface area (Å²) in [6.45, 7) is 1.80. The van der Waals surface area contributed by atoms with Gasteiger partial charge in [0.05, 0.1) is 29.8 Å². The highest BCUT2D eigenvalue weighted by Gasteiger charge is 2.18. The highest BCUT2D eigenvalue weighted by atomic mass is 32.1. The number of carbonyl (C=O) groups excluding carboxylic acids is 1. The second-order valence-corrected chi connectivity index (χ2v) is 6.26. The summed E-state index contributed by atoms with van der Waals surface area (Å²) >= 11 is 1.27. The molecular weight excluding hydrogens is 378 g/mol. The van der Waals surface area contributed by atoms with E-state index in [1.807, 2.05) is 0 Å². The van der Waals surface area contributed by atoms with Gasteiger partial charge in [-0.25, -0.2) is 18.9 Å². The van der Waals surface area contributed by atoms with E-state index in [-0.39, 0.29) is 17.0 Å². The summed E-state index contributed by atoms with van der Waals surface area (Å²) in [7, 11) is 0. The number of rotatable bonds is 4. The lowest BCUT2D eigenvalue weighted by Crippen LogP contribution is -2.14. The van der Waals surface area contributed by atoms with Gasteiger partial charge in [0.2, 0.25) is 5.82 Å². The van der Waals surface area contributed by atoms with Crippen molar-refractivity contribution in [1.29, 1.82) is 0 Å². The SMILES string of the molecule is Cc1csc(NC(=O)c2cc(Oc3cncc(F)c3F)cn3ncnc23)n1. The van der Waals surface area contributed by atoms with Crippen LogP contribution in [0.3, 0.4) is 0 Å². The second kappa shape index (κ2) is 6.68. The van der Waals surface area contributed by atoms with Crippen LogP contribution in [0.5, 0.6) is 11.5 Å². The number of carbonyl (C=O) groups is 1. The maximum atomic E-state index is 13.8. The molecule has 4 aromatic heterocycles. The molecule has 8 nitrogen and oxygen atoms in total. The van der Waals surface area contributed by atoms with Gasteiger partial charge in [-0.15, -0.1) is 11.3 Å². The normalized spacial score (nSPS) is 10.9. The molecule has 4 heterocycles. The van der Waals surface area contributed by atoms with Crippen molar-refractivity contribution in [3.05, 3.63) is 59.3 Å². The molecule has 4 aromatic rings. The zero-order valence-electron chi connectivity index (χ0n) is 13.7. The number of halogens is 2. The van der Waals surface area contributed by atoms with Crippen LogP contribution in [0.15, 0.2) is 36.4 Å². The van der Waals surface area contributed by atoms with Gasteiger partial charge >= 0.3 is 0 Å². The van der Waals surface area contributed by atoms with E-state index < -0.39 is 23.3 Å². The number of amides is 1. The average Bonchev–Trinajstić information content (AvgIpc) is 3.27. The van der Waals surface area contributed by atoms with Gasteiger partial charge in [-0.05, 0) is 13.0 Å². The molecule has 0 radical (unpaired) electrons. The Hall–Kier alpha value is -3.47. The zero-order chi connectivity index (χ0) is 19.0. The first-order chi connectivity index (χ1) is 13.0. The smallest absolute Gasteiger partial charge is 0.261 e. The monoisotopic (exact) mass is 388 g/mol. The molecule has 0 saturated carbocycles. The van der Waals surface area contributed by atoms with Crippen molar-refractivity contribution in [2.75, 3.05) is 5.32 Å². The average molecular weight is 388 g/mol. The fraction of sp³-hybridized carbons (Fsp3) is 0.0625. The Kier molecular flexibility index (Phi) is 4.20. The molecule has 0 bridgehead atoms. The Balaban J connectivity index is 1.71. The minimum absolute atomic E-state index is 0.0553. The molecule has 0 aromatic carbocycles. The van der Waals surface area contributed by atoms with E-state index in [0.717, 1.165) is 18.1 Å². The van der Waals surface area contributed by atoms with Crippen LogP contribution in [-0.2, 0) is 0 Å². The van der Waals surface area contributed by atoms with Gasteiger partial charge < -0.3 is 4.74 Å². The number of fused-ring (bicyclic) bond motifs is 1. The lowest BCUT2D eigenvalue weighted by atomic mass is 10.2. The summed E-state index contributed by atoms with van der Waals surface area (Å²) in [5, 5.41) is 8.83. The Bertz CT molecular complexity index is 1160. The van der Waals surface area contributed by atoms with Crippen molar-refractivity contribution in [3.63, 3.8) is 0 Å². The number of hydrogen-bond acceptors (Lipinski definition) is 7. The first-order valence-corrected chi connectivity index (χ1v) is 8.43. The number of hydrogen-bond donors (Lipinski definition) is 1. The van der Waals surface area contributed by atoms with Crippen LogP contribution in [0.4, 0.5) is 13.9 Å². The van der Waals surface area contributed by atoms with Gasteiger partial charge in [-0.1, -0.05) is 0 Å². The van der Waals surface area contributed by atoms with Crippen LogP contribution < -0.4 is 10.1 Å². The fourth-order valence-corrected chi connectivity index (χ4v) is 2.98. The molecular formula is C16H10F2N6O2S. The minimum atomic E-state index is -1.19. The van der Waals surface area contributed by atoms with E-state index in [4.69, 9.17) is 4.74 Å². The summed E-state index contributed by atoms with van der Waals surface area (Å²) in [4.78, 5) is 24.4. The molecule has 0 aliphatic rings. The topological polar surface area (TPSA) is 94.3 Å². The van der Waals surface area contributed by atoms with Crippen molar-refractivity contribution in [3.8, 4) is 11.5 Å². The third-order valence-corrected chi connectivity index (χ3v) is 4.34. The summed E-state index contributed by atoms with van der Waals surface area (Å²) < 4.78 is 33.8. The molecule has 136 valence electrons. The predicted octanol–water partition coefficient (Wildman–Crippen LogP) is 3.21. The van der Waals surface area contributed by atoms with Crippen molar-refractivity contribution in [2.24, 2.45) is 0 Å². The maximum Gasteiger partial charge on any atom is 0.261 e. The van der Waals surface area contributed by atoms with E-state index in [2.05, 4.69) is 25.4 Å². The minimum Gasteiger partial charge on any atom is -0.451 e. The fourth-order valence-electron chi connectivity index (χ4n) is 2.30. The zero-order valence-corrected chi connectivity index (χ0v) is 14.5. The van der Waals surface area contributed by atoms with Gasteiger partial charge in [-0.3, -0.25) is 15.1 Å². The van der Waals surface area contributed by atoms with Crippen molar-refractivity contribution in [2.45, 2.75) is 6.92 Å². The standard InChI is InChI=1S/C16H10F2N6O2S/c1-8-6-27-16(22-8)23-15(25)10-2-9(5-24-14(10)20-7-21-24)26-12-4-19-3-11(17)13(12)18/h2-7H,1H3,(H,22,23,25). The van der Waals surface area contributed by atoms with Crippen LogP contribution >= 0.6 is 11.3 Å². The molecule has 0 spiro atoms. The number of ether oxygens (including phenoxy) is 1. The molecule has 1 amide bonds. The van der Waals surface area contributed by atoms with Crippen molar-refractivity contribution < 1.29 is 18.3 Å². The molecule has 0 atom stereocenters. The van der Waals surface area contributed by atoms with E-state index in [0.29, 0.717) is 5.13 Å². The maximum absolute atomic E-state index is 13.8. The number of aromatic nitrogens is 5. The number of nitrogens with zero attached hydrogens (tertiary/aromatic N) is 5. The van der Waals surface area contributed by atoms with Crippen molar-refractivity contribution in [1.82, 2.24) is 24.6 Å². The lowest BCUT2D eigenvalue weighted by Gasteiger charge is -2.09. The Morgan fingerprint density at radius 2 is 2.19 bits per heavy atom. The highest BCUT2D eigenvalue weighted by molar-refractivity contribution is 7.13. The first-order valence-electron chi connectivity index (χ1n) is 7.55. The number of pyridine rings is 2. The van der Waals surface area contributed by atoms with Crippen LogP contribution in [0.25, 0.3) is 5.65 Å². The molecule has 0 fully saturated rings. The lowest BCUT2D eigenvalue weighted by molar-refractivity contribution is 0.102. The molecule has 0 aliphatic carbocycles. The number of anilines is 1. The quantitative estimate of drug-likeness (QED) is 0.577. The Morgan fingerprint density at radius 1 is 1.33 bits per heavy atom. The summed E-state index contributed by atoms with van der Waals surface area (Å²) in [5.74, 6) is -3.19. The van der Waals surface area contributed by atoms with Gasteiger partial charge in [-0.2, -0.15) is 9.49 Å². The molecule has 0 aliphatic heterocycles. The summed E-state index contributed by atoms with van der Waals surface area (Å²) in [6, 6.07) is 1.35. The number of aryl methyl sites for hydroxylation is 1. The number of nitrogens with one attached hydrogen (secondary N) is 1. The third-order valence-electron chi connectivity index (χ3n) is 3.47. The van der Waals surface area contributed by atoms with Gasteiger partial charge in [0, 0.05) is 5.38 Å². The second-order valence-electron chi connectivity index (χ2n) is 5.40. The van der Waals surface area contributed by atoms with Gasteiger partial charge in [0.25, 0.3) is 5.91 Å². The molecule has 0 unspecified atom stereocenters. The molecule has 11 heteroatoms. The Morgan fingerprint density at radius 3 is 2.96 bits per heavy atom. The van der Waals surface area contributed by atoms with Crippen LogP contribution in [0, 0.1) is 18.6 Å². The summed E-state index contributed by atoms with van der Waals surface area (Å²) in [6.07, 6.45) is 4.41. The Labute approximate surface area is 154 Å². The first kappa shape index (κ1) is 17.0. The van der Waals surface area contributed by atoms with Gasteiger partial charge in [0.15, 0.2) is 22.3 Å². The van der Waals surface area contributed by atoms with Crippen LogP contribution in [0.2, 0.25) is 0 Å². The van der Waals surface area contributed by atoms with E-state index in [1.54, 1.807) is 12.3 Å². The highest BCUT2D eigenvalue weighted by Crippen LogP contribution is 2.27. The van der Waals surface area contributed by atoms with Crippen molar-refractivity contribution >= 4 is 28.0 Å². The van der Waals surface area contributed by atoms with Crippen LogP contribution in [-0.4, -0.2) is 30.5 Å². The van der Waals surface area contributed by atoms with Gasteiger partial charge in [0.1, 0.15) is 12.1 Å².